The van der Waals surface area contributed by atoms with Crippen molar-refractivity contribution in [3.05, 3.63) is 40.2 Å². The Hall–Kier alpha value is -1.98. The van der Waals surface area contributed by atoms with E-state index < -0.39 is 17.3 Å². The second kappa shape index (κ2) is 3.26. The number of halogens is 3. The molecule has 16 heavy (non-hydrogen) atoms. The number of phenols is 1. The number of phenolic OH excluding ortho intramolecular Hbond substituents is 1. The Morgan fingerprint density at radius 1 is 1.19 bits per heavy atom. The van der Waals surface area contributed by atoms with Crippen LogP contribution in [-0.4, -0.2) is 10.1 Å². The van der Waals surface area contributed by atoms with Crippen molar-refractivity contribution in [1.29, 1.82) is 0 Å². The van der Waals surface area contributed by atoms with Gasteiger partial charge in [-0.05, 0) is 12.1 Å². The van der Waals surface area contributed by atoms with Gasteiger partial charge in [0, 0.05) is 17.5 Å². The number of nitrogens with one attached hydrogen (secondary N) is 1. The molecule has 3 nitrogen and oxygen atoms in total. The summed E-state index contributed by atoms with van der Waals surface area (Å²) in [6, 6.07) is 3.82. The van der Waals surface area contributed by atoms with Crippen LogP contribution in [0.3, 0.4) is 0 Å². The summed E-state index contributed by atoms with van der Waals surface area (Å²) in [5.41, 5.74) is -1.91. The number of aromatic nitrogens is 1. The maximum absolute atomic E-state index is 12.6. The number of rotatable bonds is 0. The fourth-order valence-electron chi connectivity index (χ4n) is 1.48. The molecular formula is C10H6F3NO2. The Morgan fingerprint density at radius 3 is 2.50 bits per heavy atom. The smallest absolute Gasteiger partial charge is 0.417 e. The predicted molar refractivity (Wildman–Crippen MR) is 51.2 cm³/mol. The molecule has 6 heteroatoms. The summed E-state index contributed by atoms with van der Waals surface area (Å²) < 4.78 is 37.7. The monoisotopic (exact) mass is 229 g/mol. The first-order valence-electron chi connectivity index (χ1n) is 4.31. The number of benzene rings is 1. The number of aromatic amines is 1. The molecule has 0 aliphatic carbocycles. The molecule has 0 aliphatic rings. The molecule has 2 rings (SSSR count). The van der Waals surface area contributed by atoms with E-state index in [1.165, 1.54) is 0 Å². The zero-order chi connectivity index (χ0) is 11.9. The molecule has 1 aromatic heterocycles. The largest absolute Gasteiger partial charge is 0.508 e. The van der Waals surface area contributed by atoms with E-state index in [-0.39, 0.29) is 16.7 Å². The fourth-order valence-corrected chi connectivity index (χ4v) is 1.48. The maximum Gasteiger partial charge on any atom is 0.417 e. The van der Waals surface area contributed by atoms with Gasteiger partial charge < -0.3 is 10.1 Å². The van der Waals surface area contributed by atoms with Crippen LogP contribution < -0.4 is 5.56 Å². The van der Waals surface area contributed by atoms with Crippen molar-refractivity contribution in [1.82, 2.24) is 4.98 Å². The van der Waals surface area contributed by atoms with Gasteiger partial charge in [0.05, 0.1) is 11.1 Å². The second-order valence-electron chi connectivity index (χ2n) is 3.27. The van der Waals surface area contributed by atoms with Crippen LogP contribution >= 0.6 is 0 Å². The summed E-state index contributed by atoms with van der Waals surface area (Å²) in [5, 5.41) is 8.96. The standard InChI is InChI=1S/C10H6F3NO2/c11-10(12,13)7-4-9(16)14-8-3-5(15)1-2-6(7)8/h1-4,15H,(H,14,16). The van der Waals surface area contributed by atoms with Crippen LogP contribution in [0.25, 0.3) is 10.9 Å². The second-order valence-corrected chi connectivity index (χ2v) is 3.27. The molecule has 0 fully saturated rings. The molecule has 0 bridgehead atoms. The molecule has 0 atom stereocenters. The third kappa shape index (κ3) is 1.73. The van der Waals surface area contributed by atoms with E-state index in [1.807, 2.05) is 0 Å². The van der Waals surface area contributed by atoms with Gasteiger partial charge in [-0.15, -0.1) is 0 Å². The summed E-state index contributed by atoms with van der Waals surface area (Å²) >= 11 is 0. The van der Waals surface area contributed by atoms with Crippen LogP contribution in [0.15, 0.2) is 29.1 Å². The van der Waals surface area contributed by atoms with Gasteiger partial charge in [0.2, 0.25) is 5.56 Å². The van der Waals surface area contributed by atoms with E-state index in [9.17, 15) is 18.0 Å². The molecule has 0 radical (unpaired) electrons. The van der Waals surface area contributed by atoms with E-state index in [4.69, 9.17) is 5.11 Å². The van der Waals surface area contributed by atoms with E-state index in [2.05, 4.69) is 4.98 Å². The number of hydrogen-bond donors (Lipinski definition) is 2. The van der Waals surface area contributed by atoms with Crippen LogP contribution in [0.1, 0.15) is 5.56 Å². The molecule has 0 aliphatic heterocycles. The van der Waals surface area contributed by atoms with Gasteiger partial charge in [0.25, 0.3) is 0 Å². The first-order valence-corrected chi connectivity index (χ1v) is 4.31. The summed E-state index contributed by atoms with van der Waals surface area (Å²) in [5.74, 6) is -0.206. The highest BCUT2D eigenvalue weighted by Gasteiger charge is 2.33. The molecule has 2 aromatic rings. The van der Waals surface area contributed by atoms with Gasteiger partial charge in [-0.3, -0.25) is 4.79 Å². The zero-order valence-electron chi connectivity index (χ0n) is 7.80. The lowest BCUT2D eigenvalue weighted by atomic mass is 10.1. The molecule has 0 saturated carbocycles. The summed E-state index contributed by atoms with van der Waals surface area (Å²) in [6.45, 7) is 0. The highest BCUT2D eigenvalue weighted by atomic mass is 19.4. The number of H-pyrrole nitrogens is 1. The SMILES string of the molecule is O=c1cc(C(F)(F)F)c2ccc(O)cc2[nH]1. The molecule has 0 amide bonds. The molecule has 0 saturated heterocycles. The van der Waals surface area contributed by atoms with Crippen LogP contribution in [0.2, 0.25) is 0 Å². The van der Waals surface area contributed by atoms with E-state index in [0.717, 1.165) is 18.2 Å². The minimum Gasteiger partial charge on any atom is -0.508 e. The number of fused-ring (bicyclic) bond motifs is 1. The van der Waals surface area contributed by atoms with Crippen molar-refractivity contribution < 1.29 is 18.3 Å². The Labute approximate surface area is 87.2 Å². The normalized spacial score (nSPS) is 11.9. The molecular weight excluding hydrogens is 223 g/mol. The van der Waals surface area contributed by atoms with Gasteiger partial charge in [-0.2, -0.15) is 13.2 Å². The van der Waals surface area contributed by atoms with Gasteiger partial charge in [0.1, 0.15) is 5.75 Å². The minimum absolute atomic E-state index is 0.0418. The Bertz CT molecular complexity index is 601. The highest BCUT2D eigenvalue weighted by molar-refractivity contribution is 5.83. The molecule has 2 N–H and O–H groups in total. The lowest BCUT2D eigenvalue weighted by Crippen LogP contribution is -2.13. The number of pyridine rings is 1. The first kappa shape index (κ1) is 10.5. The molecule has 0 unspecified atom stereocenters. The molecule has 1 heterocycles. The Balaban J connectivity index is 2.89. The number of hydrogen-bond acceptors (Lipinski definition) is 2. The summed E-state index contributed by atoms with van der Waals surface area (Å²) in [6.07, 6.45) is -4.59. The average molecular weight is 229 g/mol. The third-order valence-electron chi connectivity index (χ3n) is 2.13. The average Bonchev–Trinajstić information content (AvgIpc) is 2.14. The zero-order valence-corrected chi connectivity index (χ0v) is 7.80. The van der Waals surface area contributed by atoms with E-state index in [1.54, 1.807) is 0 Å². The van der Waals surface area contributed by atoms with Crippen LogP contribution in [0, 0.1) is 0 Å². The summed E-state index contributed by atoms with van der Waals surface area (Å²) in [4.78, 5) is 13.3. The Kier molecular flexibility index (Phi) is 2.15. The summed E-state index contributed by atoms with van der Waals surface area (Å²) in [7, 11) is 0. The maximum atomic E-state index is 12.6. The van der Waals surface area contributed by atoms with Crippen LogP contribution in [-0.2, 0) is 6.18 Å². The molecule has 0 spiro atoms. The van der Waals surface area contributed by atoms with Crippen LogP contribution in [0.4, 0.5) is 13.2 Å². The fraction of sp³-hybridized carbons (Fsp3) is 0.100. The van der Waals surface area contributed by atoms with Crippen molar-refractivity contribution in [2.75, 3.05) is 0 Å². The van der Waals surface area contributed by atoms with Gasteiger partial charge in [-0.1, -0.05) is 0 Å². The third-order valence-corrected chi connectivity index (χ3v) is 2.13. The molecule has 1 aromatic carbocycles. The first-order chi connectivity index (χ1) is 7.38. The van der Waals surface area contributed by atoms with E-state index in [0.29, 0.717) is 6.07 Å². The van der Waals surface area contributed by atoms with Crippen molar-refractivity contribution in [2.24, 2.45) is 0 Å². The van der Waals surface area contributed by atoms with Gasteiger partial charge >= 0.3 is 6.18 Å². The van der Waals surface area contributed by atoms with Crippen LogP contribution in [0.5, 0.6) is 5.75 Å². The minimum atomic E-state index is -4.59. The number of alkyl halides is 3. The van der Waals surface area contributed by atoms with Gasteiger partial charge in [-0.25, -0.2) is 0 Å². The van der Waals surface area contributed by atoms with Crippen molar-refractivity contribution in [3.8, 4) is 5.75 Å². The lowest BCUT2D eigenvalue weighted by Gasteiger charge is -2.09. The van der Waals surface area contributed by atoms with Crippen molar-refractivity contribution >= 4 is 10.9 Å². The van der Waals surface area contributed by atoms with E-state index >= 15 is 0 Å². The lowest BCUT2D eigenvalue weighted by molar-refractivity contribution is -0.136. The van der Waals surface area contributed by atoms with Crippen molar-refractivity contribution in [3.63, 3.8) is 0 Å². The van der Waals surface area contributed by atoms with Crippen molar-refractivity contribution in [2.45, 2.75) is 6.18 Å². The topological polar surface area (TPSA) is 53.1 Å². The predicted octanol–water partition coefficient (Wildman–Crippen LogP) is 2.25. The van der Waals surface area contributed by atoms with Gasteiger partial charge in [0.15, 0.2) is 0 Å². The molecule has 84 valence electrons. The highest BCUT2D eigenvalue weighted by Crippen LogP contribution is 2.33. The number of aromatic hydroxyl groups is 1. The quantitative estimate of drug-likeness (QED) is 0.727. The Morgan fingerprint density at radius 2 is 1.88 bits per heavy atom.